The zero-order chi connectivity index (χ0) is 14.8. The Hall–Kier alpha value is -0.810. The fourth-order valence-electron chi connectivity index (χ4n) is 3.03. The minimum absolute atomic E-state index is 0.0829. The van der Waals surface area contributed by atoms with Crippen LogP contribution in [0, 0.1) is 5.92 Å². The van der Waals surface area contributed by atoms with Crippen LogP contribution in [0.3, 0.4) is 0 Å². The van der Waals surface area contributed by atoms with Gasteiger partial charge >= 0.3 is 6.09 Å². The first-order chi connectivity index (χ1) is 9.32. The molecule has 2 aliphatic rings. The number of ether oxygens (including phenoxy) is 1. The van der Waals surface area contributed by atoms with Gasteiger partial charge in [0, 0.05) is 19.1 Å². The van der Waals surface area contributed by atoms with E-state index in [-0.39, 0.29) is 18.2 Å². The first-order valence-electron chi connectivity index (χ1n) is 7.72. The van der Waals surface area contributed by atoms with Crippen LogP contribution in [-0.4, -0.2) is 53.5 Å². The molecule has 1 heterocycles. The van der Waals surface area contributed by atoms with E-state index in [0.717, 1.165) is 45.3 Å². The summed E-state index contributed by atoms with van der Waals surface area (Å²) in [7, 11) is 0. The third-order valence-electron chi connectivity index (χ3n) is 3.95. The normalized spacial score (nSPS) is 31.5. The molecule has 1 aliphatic carbocycles. The number of carbonyl (C=O) groups excluding carboxylic acids is 1. The summed E-state index contributed by atoms with van der Waals surface area (Å²) in [5.41, 5.74) is -0.444. The Balaban J connectivity index is 1.71. The monoisotopic (exact) mass is 284 g/mol. The predicted molar refractivity (Wildman–Crippen MR) is 77.6 cm³/mol. The summed E-state index contributed by atoms with van der Waals surface area (Å²) in [6, 6.07) is 0.184. The van der Waals surface area contributed by atoms with Gasteiger partial charge < -0.3 is 20.1 Å². The highest BCUT2D eigenvalue weighted by Gasteiger charge is 2.31. The molecule has 2 fully saturated rings. The Morgan fingerprint density at radius 2 is 2.10 bits per heavy atom. The number of likely N-dealkylation sites (tertiary alicyclic amines) is 1. The van der Waals surface area contributed by atoms with Gasteiger partial charge in [-0.15, -0.1) is 0 Å². The van der Waals surface area contributed by atoms with Crippen LogP contribution in [0.25, 0.3) is 0 Å². The third kappa shape index (κ3) is 4.94. The fraction of sp³-hybridized carbons (Fsp3) is 0.933. The predicted octanol–water partition coefficient (Wildman–Crippen LogP) is 1.75. The zero-order valence-electron chi connectivity index (χ0n) is 12.9. The molecule has 2 N–H and O–H groups in total. The number of aliphatic hydroxyl groups is 1. The SMILES string of the molecule is CC(C)(C)OC(=O)N[C@H]1CCCN(CC2CC(O)C2)C1. The molecule has 20 heavy (non-hydrogen) atoms. The van der Waals surface area contributed by atoms with Crippen LogP contribution in [0.5, 0.6) is 0 Å². The summed E-state index contributed by atoms with van der Waals surface area (Å²) < 4.78 is 5.30. The average molecular weight is 284 g/mol. The number of amides is 1. The number of hydrogen-bond donors (Lipinski definition) is 2. The number of rotatable bonds is 3. The number of nitrogens with zero attached hydrogens (tertiary/aromatic N) is 1. The lowest BCUT2D eigenvalue weighted by atomic mass is 9.82. The van der Waals surface area contributed by atoms with Crippen molar-refractivity contribution in [3.05, 3.63) is 0 Å². The lowest BCUT2D eigenvalue weighted by Gasteiger charge is -2.39. The average Bonchev–Trinajstić information content (AvgIpc) is 2.24. The molecule has 116 valence electrons. The van der Waals surface area contributed by atoms with E-state index in [2.05, 4.69) is 10.2 Å². The lowest BCUT2D eigenvalue weighted by molar-refractivity contribution is 0.0174. The van der Waals surface area contributed by atoms with Crippen molar-refractivity contribution in [2.24, 2.45) is 5.92 Å². The number of aliphatic hydroxyl groups excluding tert-OH is 1. The molecule has 0 spiro atoms. The summed E-state index contributed by atoms with van der Waals surface area (Å²) in [5, 5.41) is 12.3. The molecule has 5 heteroatoms. The molecule has 1 amide bonds. The van der Waals surface area contributed by atoms with E-state index in [1.165, 1.54) is 0 Å². The molecule has 2 rings (SSSR count). The molecule has 1 atom stereocenters. The van der Waals surface area contributed by atoms with Crippen LogP contribution in [0.15, 0.2) is 0 Å². The van der Waals surface area contributed by atoms with Gasteiger partial charge in [0.25, 0.3) is 0 Å². The Morgan fingerprint density at radius 3 is 2.70 bits per heavy atom. The highest BCUT2D eigenvalue weighted by molar-refractivity contribution is 5.68. The van der Waals surface area contributed by atoms with Crippen molar-refractivity contribution in [2.45, 2.75) is 64.2 Å². The van der Waals surface area contributed by atoms with Crippen molar-refractivity contribution in [3.63, 3.8) is 0 Å². The maximum absolute atomic E-state index is 11.8. The van der Waals surface area contributed by atoms with Gasteiger partial charge in [0.05, 0.1) is 6.10 Å². The highest BCUT2D eigenvalue weighted by atomic mass is 16.6. The van der Waals surface area contributed by atoms with Gasteiger partial charge in [0.15, 0.2) is 0 Å². The van der Waals surface area contributed by atoms with Crippen LogP contribution < -0.4 is 5.32 Å². The minimum Gasteiger partial charge on any atom is -0.444 e. The van der Waals surface area contributed by atoms with Crippen molar-refractivity contribution >= 4 is 6.09 Å². The topological polar surface area (TPSA) is 61.8 Å². The Kier molecular flexibility index (Phi) is 4.91. The van der Waals surface area contributed by atoms with Crippen molar-refractivity contribution in [1.82, 2.24) is 10.2 Å². The first kappa shape index (κ1) is 15.6. The van der Waals surface area contributed by atoms with Crippen molar-refractivity contribution < 1.29 is 14.6 Å². The van der Waals surface area contributed by atoms with Crippen LogP contribution in [0.1, 0.15) is 46.5 Å². The number of nitrogens with one attached hydrogen (secondary N) is 1. The molecule has 0 unspecified atom stereocenters. The van der Waals surface area contributed by atoms with E-state index in [9.17, 15) is 9.90 Å². The summed E-state index contributed by atoms with van der Waals surface area (Å²) in [6.45, 7) is 8.67. The van der Waals surface area contributed by atoms with Gasteiger partial charge in [-0.1, -0.05) is 0 Å². The fourth-order valence-corrected chi connectivity index (χ4v) is 3.03. The van der Waals surface area contributed by atoms with Gasteiger partial charge in [-0.2, -0.15) is 0 Å². The number of alkyl carbamates (subject to hydrolysis) is 1. The van der Waals surface area contributed by atoms with Crippen molar-refractivity contribution in [1.29, 1.82) is 0 Å². The Bertz CT molecular complexity index is 335. The lowest BCUT2D eigenvalue weighted by Crippen LogP contribution is -2.51. The molecule has 0 aromatic heterocycles. The number of carbonyl (C=O) groups is 1. The smallest absolute Gasteiger partial charge is 0.407 e. The summed E-state index contributed by atoms with van der Waals surface area (Å²) >= 11 is 0. The van der Waals surface area contributed by atoms with Gasteiger partial charge in [0.2, 0.25) is 0 Å². The van der Waals surface area contributed by atoms with Crippen LogP contribution in [-0.2, 0) is 4.74 Å². The molecule has 0 aromatic carbocycles. The Morgan fingerprint density at radius 1 is 1.40 bits per heavy atom. The third-order valence-corrected chi connectivity index (χ3v) is 3.95. The van der Waals surface area contributed by atoms with Crippen molar-refractivity contribution in [2.75, 3.05) is 19.6 Å². The van der Waals surface area contributed by atoms with E-state index < -0.39 is 5.60 Å². The molecule has 1 saturated carbocycles. The number of piperidine rings is 1. The van der Waals surface area contributed by atoms with E-state index in [4.69, 9.17) is 4.74 Å². The van der Waals surface area contributed by atoms with Gasteiger partial charge in [-0.25, -0.2) is 4.79 Å². The summed E-state index contributed by atoms with van der Waals surface area (Å²) in [5.74, 6) is 0.630. The molecule has 1 aliphatic heterocycles. The van der Waals surface area contributed by atoms with Crippen LogP contribution in [0.4, 0.5) is 4.79 Å². The second-order valence-corrected chi connectivity index (χ2v) is 7.24. The largest absolute Gasteiger partial charge is 0.444 e. The summed E-state index contributed by atoms with van der Waals surface area (Å²) in [6.07, 6.45) is 3.59. The second kappa shape index (κ2) is 6.31. The molecule has 0 aromatic rings. The second-order valence-electron chi connectivity index (χ2n) is 7.24. The maximum atomic E-state index is 11.8. The molecule has 0 bridgehead atoms. The highest BCUT2D eigenvalue weighted by Crippen LogP contribution is 2.28. The van der Waals surface area contributed by atoms with E-state index in [0.29, 0.717) is 5.92 Å². The standard InChI is InChI=1S/C15H28N2O3/c1-15(2,3)20-14(19)16-12-5-4-6-17(10-12)9-11-7-13(18)8-11/h11-13,18H,4-10H2,1-3H3,(H,16,19)/t11?,12-,13?/m0/s1. The minimum atomic E-state index is -0.444. The van der Waals surface area contributed by atoms with Crippen LogP contribution >= 0.6 is 0 Å². The van der Waals surface area contributed by atoms with Gasteiger partial charge in [0.1, 0.15) is 5.60 Å². The molecular formula is C15H28N2O3. The maximum Gasteiger partial charge on any atom is 0.407 e. The molecular weight excluding hydrogens is 256 g/mol. The zero-order valence-corrected chi connectivity index (χ0v) is 12.9. The first-order valence-corrected chi connectivity index (χ1v) is 7.72. The molecule has 5 nitrogen and oxygen atoms in total. The molecule has 1 saturated heterocycles. The molecule has 0 radical (unpaired) electrons. The van der Waals surface area contributed by atoms with E-state index >= 15 is 0 Å². The summed E-state index contributed by atoms with van der Waals surface area (Å²) in [4.78, 5) is 14.2. The Labute approximate surface area is 121 Å². The quantitative estimate of drug-likeness (QED) is 0.829. The van der Waals surface area contributed by atoms with Gasteiger partial charge in [-0.3, -0.25) is 0 Å². The van der Waals surface area contributed by atoms with E-state index in [1.807, 2.05) is 20.8 Å². The van der Waals surface area contributed by atoms with Crippen molar-refractivity contribution in [3.8, 4) is 0 Å². The van der Waals surface area contributed by atoms with Gasteiger partial charge in [-0.05, 0) is 58.9 Å². The number of hydrogen-bond acceptors (Lipinski definition) is 4. The van der Waals surface area contributed by atoms with E-state index in [1.54, 1.807) is 0 Å². The van der Waals surface area contributed by atoms with Crippen LogP contribution in [0.2, 0.25) is 0 Å².